The molecule has 8 heteroatoms. The summed E-state index contributed by atoms with van der Waals surface area (Å²) in [6.45, 7) is 4.26. The van der Waals surface area contributed by atoms with E-state index in [1.54, 1.807) is 31.3 Å². The van der Waals surface area contributed by atoms with Crippen molar-refractivity contribution in [2.24, 2.45) is 0 Å². The maximum absolute atomic E-state index is 12.9. The van der Waals surface area contributed by atoms with Gasteiger partial charge in [-0.3, -0.25) is 4.79 Å². The van der Waals surface area contributed by atoms with Gasteiger partial charge in [-0.15, -0.1) is 12.4 Å². The minimum atomic E-state index is -3.52. The number of carbonyl (C=O) groups excluding carboxylic acids is 1. The number of amides is 1. The number of piperazine rings is 1. The molecule has 1 saturated heterocycles. The molecule has 27 heavy (non-hydrogen) atoms. The van der Waals surface area contributed by atoms with Crippen LogP contribution in [0, 0.1) is 0 Å². The molecule has 0 unspecified atom stereocenters. The van der Waals surface area contributed by atoms with Gasteiger partial charge >= 0.3 is 0 Å². The summed E-state index contributed by atoms with van der Waals surface area (Å²) >= 11 is 0. The quantitative estimate of drug-likeness (QED) is 0.820. The average molecular weight is 416 g/mol. The first-order valence-corrected chi connectivity index (χ1v) is 10.9. The van der Waals surface area contributed by atoms with Crippen molar-refractivity contribution >= 4 is 28.3 Å². The highest BCUT2D eigenvalue weighted by molar-refractivity contribution is 7.89. The summed E-state index contributed by atoms with van der Waals surface area (Å²) in [7, 11) is -1.84. The standard InChI is InChI=1S/C19H29N3O3S.ClH/c1-15-14-20-12-13-22(15)19(23)16-8-10-18(11-9-16)26(24,25)21(2)17-6-4-3-5-7-17;/h8-11,15,17,20H,3-7,12-14H2,1-2H3;1H/t15-;/m0./s1. The lowest BCUT2D eigenvalue weighted by atomic mass is 9.96. The highest BCUT2D eigenvalue weighted by Crippen LogP contribution is 2.26. The van der Waals surface area contributed by atoms with Crippen LogP contribution in [-0.2, 0) is 10.0 Å². The van der Waals surface area contributed by atoms with E-state index in [-0.39, 0.29) is 35.3 Å². The summed E-state index contributed by atoms with van der Waals surface area (Å²) in [5.41, 5.74) is 0.540. The van der Waals surface area contributed by atoms with Crippen molar-refractivity contribution in [3.63, 3.8) is 0 Å². The van der Waals surface area contributed by atoms with Gasteiger partial charge in [0, 0.05) is 44.3 Å². The van der Waals surface area contributed by atoms with Crippen molar-refractivity contribution in [1.82, 2.24) is 14.5 Å². The van der Waals surface area contributed by atoms with E-state index in [9.17, 15) is 13.2 Å². The number of halogens is 1. The van der Waals surface area contributed by atoms with Gasteiger partial charge < -0.3 is 10.2 Å². The molecule has 0 radical (unpaired) electrons. The molecule has 1 N–H and O–H groups in total. The topological polar surface area (TPSA) is 69.7 Å². The average Bonchev–Trinajstić information content (AvgIpc) is 2.68. The molecule has 1 aliphatic heterocycles. The molecule has 0 aromatic heterocycles. The van der Waals surface area contributed by atoms with Gasteiger partial charge in [-0.1, -0.05) is 19.3 Å². The summed E-state index contributed by atoms with van der Waals surface area (Å²) in [5, 5.41) is 3.26. The van der Waals surface area contributed by atoms with E-state index in [0.29, 0.717) is 12.1 Å². The van der Waals surface area contributed by atoms with Crippen LogP contribution in [0.2, 0.25) is 0 Å². The molecular formula is C19H30ClN3O3S. The predicted molar refractivity (Wildman–Crippen MR) is 109 cm³/mol. The van der Waals surface area contributed by atoms with E-state index in [2.05, 4.69) is 5.32 Å². The van der Waals surface area contributed by atoms with Crippen LogP contribution in [0.3, 0.4) is 0 Å². The third-order valence-corrected chi connectivity index (χ3v) is 7.55. The zero-order valence-electron chi connectivity index (χ0n) is 16.1. The maximum Gasteiger partial charge on any atom is 0.254 e. The van der Waals surface area contributed by atoms with Gasteiger partial charge in [0.25, 0.3) is 5.91 Å². The van der Waals surface area contributed by atoms with Crippen LogP contribution in [0.5, 0.6) is 0 Å². The minimum Gasteiger partial charge on any atom is -0.333 e. The minimum absolute atomic E-state index is 0. The molecular weight excluding hydrogens is 386 g/mol. The number of benzene rings is 1. The zero-order chi connectivity index (χ0) is 18.7. The molecule has 1 heterocycles. The van der Waals surface area contributed by atoms with Gasteiger partial charge in [0.2, 0.25) is 10.0 Å². The second-order valence-corrected chi connectivity index (χ2v) is 9.39. The number of hydrogen-bond donors (Lipinski definition) is 1. The Morgan fingerprint density at radius 3 is 2.37 bits per heavy atom. The smallest absolute Gasteiger partial charge is 0.254 e. The first kappa shape index (κ1) is 22.1. The van der Waals surface area contributed by atoms with Crippen LogP contribution in [-0.4, -0.2) is 62.3 Å². The van der Waals surface area contributed by atoms with E-state index in [0.717, 1.165) is 38.8 Å². The van der Waals surface area contributed by atoms with Crippen molar-refractivity contribution in [1.29, 1.82) is 0 Å². The summed E-state index contributed by atoms with van der Waals surface area (Å²) in [4.78, 5) is 14.8. The maximum atomic E-state index is 12.9. The Morgan fingerprint density at radius 2 is 1.78 bits per heavy atom. The van der Waals surface area contributed by atoms with Gasteiger partial charge in [-0.05, 0) is 44.0 Å². The van der Waals surface area contributed by atoms with Crippen LogP contribution in [0.15, 0.2) is 29.2 Å². The molecule has 0 spiro atoms. The van der Waals surface area contributed by atoms with Crippen molar-refractivity contribution in [3.8, 4) is 0 Å². The van der Waals surface area contributed by atoms with Gasteiger partial charge in [0.1, 0.15) is 0 Å². The monoisotopic (exact) mass is 415 g/mol. The molecule has 1 aliphatic carbocycles. The predicted octanol–water partition coefficient (Wildman–Crippen LogP) is 2.50. The van der Waals surface area contributed by atoms with Crippen LogP contribution in [0.25, 0.3) is 0 Å². The third kappa shape index (κ3) is 4.83. The highest BCUT2D eigenvalue weighted by atomic mass is 35.5. The summed E-state index contributed by atoms with van der Waals surface area (Å²) in [5.74, 6) is -0.0383. The lowest BCUT2D eigenvalue weighted by Gasteiger charge is -2.34. The second-order valence-electron chi connectivity index (χ2n) is 7.39. The molecule has 0 bridgehead atoms. The Hall–Kier alpha value is -1.15. The van der Waals surface area contributed by atoms with Crippen molar-refractivity contribution in [2.45, 2.75) is 56.0 Å². The fourth-order valence-electron chi connectivity index (χ4n) is 3.89. The Morgan fingerprint density at radius 1 is 1.15 bits per heavy atom. The lowest BCUT2D eigenvalue weighted by molar-refractivity contribution is 0.0655. The van der Waals surface area contributed by atoms with Gasteiger partial charge in [-0.2, -0.15) is 4.31 Å². The van der Waals surface area contributed by atoms with Crippen LogP contribution < -0.4 is 5.32 Å². The van der Waals surface area contributed by atoms with E-state index in [4.69, 9.17) is 0 Å². The molecule has 6 nitrogen and oxygen atoms in total. The van der Waals surface area contributed by atoms with Crippen molar-refractivity contribution in [2.75, 3.05) is 26.7 Å². The number of carbonyl (C=O) groups is 1. The number of nitrogens with zero attached hydrogens (tertiary/aromatic N) is 2. The fourth-order valence-corrected chi connectivity index (χ4v) is 5.30. The molecule has 2 fully saturated rings. The first-order chi connectivity index (χ1) is 12.4. The largest absolute Gasteiger partial charge is 0.333 e. The Bertz CT molecular complexity index is 733. The normalized spacial score (nSPS) is 21.7. The number of nitrogens with one attached hydrogen (secondary N) is 1. The Kier molecular flexibility index (Phi) is 7.68. The van der Waals surface area contributed by atoms with Crippen LogP contribution in [0.4, 0.5) is 0 Å². The number of hydrogen-bond acceptors (Lipinski definition) is 4. The molecule has 1 amide bonds. The van der Waals surface area contributed by atoms with E-state index < -0.39 is 10.0 Å². The SMILES string of the molecule is C[C@H]1CNCCN1C(=O)c1ccc(S(=O)(=O)N(C)C2CCCCC2)cc1.Cl. The van der Waals surface area contributed by atoms with E-state index in [1.165, 1.54) is 10.7 Å². The summed E-state index contributed by atoms with van der Waals surface area (Å²) in [6, 6.07) is 6.62. The van der Waals surface area contributed by atoms with Gasteiger partial charge in [-0.25, -0.2) is 8.42 Å². The molecule has 1 saturated carbocycles. The number of rotatable bonds is 4. The molecule has 1 aromatic rings. The van der Waals surface area contributed by atoms with E-state index in [1.807, 2.05) is 11.8 Å². The van der Waals surface area contributed by atoms with E-state index >= 15 is 0 Å². The Balaban J connectivity index is 0.00000261. The fraction of sp³-hybridized carbons (Fsp3) is 0.632. The lowest BCUT2D eigenvalue weighted by Crippen LogP contribution is -2.52. The Labute approximate surface area is 168 Å². The molecule has 152 valence electrons. The third-order valence-electron chi connectivity index (χ3n) is 5.63. The summed E-state index contributed by atoms with van der Waals surface area (Å²) < 4.78 is 27.3. The van der Waals surface area contributed by atoms with Gasteiger partial charge in [0.15, 0.2) is 0 Å². The van der Waals surface area contributed by atoms with Crippen molar-refractivity contribution in [3.05, 3.63) is 29.8 Å². The van der Waals surface area contributed by atoms with Crippen LogP contribution >= 0.6 is 12.4 Å². The molecule has 2 aliphatic rings. The molecule has 3 rings (SSSR count). The molecule has 1 atom stereocenters. The summed E-state index contributed by atoms with van der Waals surface area (Å²) in [6.07, 6.45) is 5.20. The first-order valence-electron chi connectivity index (χ1n) is 9.51. The highest BCUT2D eigenvalue weighted by Gasteiger charge is 2.29. The zero-order valence-corrected chi connectivity index (χ0v) is 17.7. The molecule has 1 aromatic carbocycles. The van der Waals surface area contributed by atoms with Gasteiger partial charge in [0.05, 0.1) is 4.90 Å². The number of sulfonamides is 1. The van der Waals surface area contributed by atoms with Crippen LogP contribution in [0.1, 0.15) is 49.4 Å². The van der Waals surface area contributed by atoms with Crippen molar-refractivity contribution < 1.29 is 13.2 Å². The second kappa shape index (κ2) is 9.37.